The number of H-pyrrole nitrogens is 1. The average molecular weight is 308 g/mol. The molecule has 0 saturated heterocycles. The number of imidazole rings is 1. The van der Waals surface area contributed by atoms with Gasteiger partial charge in [0.05, 0.1) is 20.4 Å². The third-order valence-electron chi connectivity index (χ3n) is 3.54. The van der Waals surface area contributed by atoms with Crippen molar-refractivity contribution < 1.29 is 14.3 Å². The molecule has 116 valence electrons. The van der Waals surface area contributed by atoms with Gasteiger partial charge in [-0.2, -0.15) is 0 Å². The molecule has 0 atom stereocenters. The van der Waals surface area contributed by atoms with Crippen molar-refractivity contribution in [2.75, 3.05) is 14.2 Å². The molecular weight excluding hydrogens is 292 g/mol. The van der Waals surface area contributed by atoms with E-state index in [-0.39, 0.29) is 5.78 Å². The van der Waals surface area contributed by atoms with Crippen molar-refractivity contribution in [1.29, 1.82) is 0 Å². The first-order chi connectivity index (χ1) is 11.2. The van der Waals surface area contributed by atoms with Crippen LogP contribution in [0.3, 0.4) is 0 Å². The third kappa shape index (κ3) is 3.08. The lowest BCUT2D eigenvalue weighted by Gasteiger charge is -2.02. The maximum absolute atomic E-state index is 12.5. The van der Waals surface area contributed by atoms with Crippen LogP contribution in [0, 0.1) is 0 Å². The summed E-state index contributed by atoms with van der Waals surface area (Å²) in [6.45, 7) is 0. The summed E-state index contributed by atoms with van der Waals surface area (Å²) in [5.41, 5.74) is 1.91. The maximum atomic E-state index is 12.5. The third-order valence-corrected chi connectivity index (χ3v) is 3.54. The first kappa shape index (κ1) is 14.8. The molecule has 0 aliphatic heterocycles. The number of benzene rings is 2. The van der Waals surface area contributed by atoms with E-state index in [1.54, 1.807) is 44.7 Å². The lowest BCUT2D eigenvalue weighted by molar-refractivity contribution is 0.103. The normalized spacial score (nSPS) is 10.3. The highest BCUT2D eigenvalue weighted by Gasteiger charge is 2.13. The molecule has 3 aromatic rings. The van der Waals surface area contributed by atoms with Crippen LogP contribution in [-0.2, 0) is 0 Å². The van der Waals surface area contributed by atoms with Crippen LogP contribution in [0.25, 0.3) is 11.4 Å². The van der Waals surface area contributed by atoms with Crippen molar-refractivity contribution in [3.05, 3.63) is 66.0 Å². The zero-order chi connectivity index (χ0) is 16.2. The number of rotatable bonds is 5. The maximum Gasteiger partial charge on any atom is 0.210 e. The van der Waals surface area contributed by atoms with Gasteiger partial charge in [-0.25, -0.2) is 4.98 Å². The Kier molecular flexibility index (Phi) is 4.10. The first-order valence-electron chi connectivity index (χ1n) is 7.09. The second-order valence-corrected chi connectivity index (χ2v) is 4.93. The quantitative estimate of drug-likeness (QED) is 0.734. The molecule has 5 nitrogen and oxygen atoms in total. The Hall–Kier alpha value is -3.08. The fraction of sp³-hybridized carbons (Fsp3) is 0.111. The molecule has 3 rings (SSSR count). The van der Waals surface area contributed by atoms with Crippen LogP contribution in [-0.4, -0.2) is 30.0 Å². The molecular formula is C18H16N2O3. The van der Waals surface area contributed by atoms with E-state index in [2.05, 4.69) is 9.97 Å². The number of carbonyl (C=O) groups excluding carboxylic acids is 1. The Morgan fingerprint density at radius 2 is 1.48 bits per heavy atom. The molecule has 0 spiro atoms. The van der Waals surface area contributed by atoms with Crippen LogP contribution in [0.1, 0.15) is 16.1 Å². The van der Waals surface area contributed by atoms with Crippen molar-refractivity contribution in [3.63, 3.8) is 0 Å². The smallest absolute Gasteiger partial charge is 0.210 e. The van der Waals surface area contributed by atoms with E-state index >= 15 is 0 Å². The van der Waals surface area contributed by atoms with Gasteiger partial charge in [-0.15, -0.1) is 0 Å². The van der Waals surface area contributed by atoms with Crippen LogP contribution in [0.2, 0.25) is 0 Å². The summed E-state index contributed by atoms with van der Waals surface area (Å²) >= 11 is 0. The van der Waals surface area contributed by atoms with E-state index in [4.69, 9.17) is 9.47 Å². The summed E-state index contributed by atoms with van der Waals surface area (Å²) < 4.78 is 10.2. The monoisotopic (exact) mass is 308 g/mol. The summed E-state index contributed by atoms with van der Waals surface area (Å²) in [5, 5.41) is 0. The van der Waals surface area contributed by atoms with Gasteiger partial charge in [0.25, 0.3) is 0 Å². The van der Waals surface area contributed by atoms with Crippen LogP contribution in [0.15, 0.2) is 54.7 Å². The number of methoxy groups -OCH3 is 2. The Bertz CT molecular complexity index is 805. The summed E-state index contributed by atoms with van der Waals surface area (Å²) in [6.07, 6.45) is 1.55. The van der Waals surface area contributed by atoms with Gasteiger partial charge in [0.1, 0.15) is 23.0 Å². The van der Waals surface area contributed by atoms with E-state index in [1.165, 1.54) is 0 Å². The summed E-state index contributed by atoms with van der Waals surface area (Å²) in [6, 6.07) is 14.5. The molecule has 0 bridgehead atoms. The number of carbonyl (C=O) groups is 1. The topological polar surface area (TPSA) is 64.2 Å². The molecule has 2 aromatic carbocycles. The van der Waals surface area contributed by atoms with Crippen LogP contribution in [0.4, 0.5) is 0 Å². The van der Waals surface area contributed by atoms with E-state index in [9.17, 15) is 4.79 Å². The number of ether oxygens (including phenoxy) is 2. The van der Waals surface area contributed by atoms with Gasteiger partial charge in [0, 0.05) is 11.1 Å². The Morgan fingerprint density at radius 1 is 0.913 bits per heavy atom. The number of hydrogen-bond acceptors (Lipinski definition) is 4. The van der Waals surface area contributed by atoms with E-state index in [0.717, 1.165) is 11.3 Å². The highest BCUT2D eigenvalue weighted by Crippen LogP contribution is 2.21. The van der Waals surface area contributed by atoms with Gasteiger partial charge in [-0.3, -0.25) is 4.79 Å². The minimum atomic E-state index is -0.111. The van der Waals surface area contributed by atoms with Gasteiger partial charge >= 0.3 is 0 Å². The summed E-state index contributed by atoms with van der Waals surface area (Å²) in [5.74, 6) is 2.02. The summed E-state index contributed by atoms with van der Waals surface area (Å²) in [4.78, 5) is 19.8. The Morgan fingerprint density at radius 3 is 2.04 bits per heavy atom. The molecule has 5 heteroatoms. The molecule has 0 aliphatic carbocycles. The number of nitrogens with zero attached hydrogens (tertiary/aromatic N) is 1. The SMILES string of the molecule is COc1ccc(C(=O)c2cnc(-c3ccc(OC)cc3)[nH]2)cc1. The molecule has 0 unspecified atom stereocenters. The lowest BCUT2D eigenvalue weighted by Crippen LogP contribution is -2.01. The van der Waals surface area contributed by atoms with E-state index in [0.29, 0.717) is 22.8 Å². The van der Waals surface area contributed by atoms with Crippen molar-refractivity contribution in [2.45, 2.75) is 0 Å². The fourth-order valence-corrected chi connectivity index (χ4v) is 2.23. The second kappa shape index (κ2) is 6.36. The van der Waals surface area contributed by atoms with Crippen molar-refractivity contribution in [2.24, 2.45) is 0 Å². The molecule has 0 aliphatic rings. The largest absolute Gasteiger partial charge is 0.497 e. The Balaban J connectivity index is 1.83. The highest BCUT2D eigenvalue weighted by atomic mass is 16.5. The van der Waals surface area contributed by atoms with Gasteiger partial charge in [0.15, 0.2) is 0 Å². The summed E-state index contributed by atoms with van der Waals surface area (Å²) in [7, 11) is 3.21. The molecule has 1 aromatic heterocycles. The predicted molar refractivity (Wildman–Crippen MR) is 87.0 cm³/mol. The molecule has 0 saturated carbocycles. The van der Waals surface area contributed by atoms with Crippen molar-refractivity contribution in [3.8, 4) is 22.9 Å². The molecule has 1 heterocycles. The van der Waals surface area contributed by atoms with E-state index in [1.807, 2.05) is 24.3 Å². The number of nitrogens with one attached hydrogen (secondary N) is 1. The fourth-order valence-electron chi connectivity index (χ4n) is 2.23. The van der Waals surface area contributed by atoms with E-state index < -0.39 is 0 Å². The molecule has 23 heavy (non-hydrogen) atoms. The number of hydrogen-bond donors (Lipinski definition) is 1. The number of aromatic amines is 1. The zero-order valence-corrected chi connectivity index (χ0v) is 12.9. The number of aromatic nitrogens is 2. The first-order valence-corrected chi connectivity index (χ1v) is 7.09. The van der Waals surface area contributed by atoms with Gasteiger partial charge < -0.3 is 14.5 Å². The second-order valence-electron chi connectivity index (χ2n) is 4.93. The molecule has 0 fully saturated rings. The molecule has 0 radical (unpaired) electrons. The van der Waals surface area contributed by atoms with Gasteiger partial charge in [0.2, 0.25) is 5.78 Å². The van der Waals surface area contributed by atoms with Gasteiger partial charge in [-0.1, -0.05) is 0 Å². The Labute approximate surface area is 133 Å². The van der Waals surface area contributed by atoms with Gasteiger partial charge in [-0.05, 0) is 48.5 Å². The van der Waals surface area contributed by atoms with Crippen LogP contribution in [0.5, 0.6) is 11.5 Å². The van der Waals surface area contributed by atoms with Crippen molar-refractivity contribution >= 4 is 5.78 Å². The minimum Gasteiger partial charge on any atom is -0.497 e. The molecule has 0 amide bonds. The van der Waals surface area contributed by atoms with Crippen LogP contribution < -0.4 is 9.47 Å². The molecule has 1 N–H and O–H groups in total. The zero-order valence-electron chi connectivity index (χ0n) is 12.9. The predicted octanol–water partition coefficient (Wildman–Crippen LogP) is 3.32. The number of ketones is 1. The average Bonchev–Trinajstić information content (AvgIpc) is 3.11. The minimum absolute atomic E-state index is 0.111. The standard InChI is InChI=1S/C18H16N2O3/c1-22-14-7-3-12(4-8-14)17(21)16-11-19-18(20-16)13-5-9-15(23-2)10-6-13/h3-11H,1-2H3,(H,19,20). The highest BCUT2D eigenvalue weighted by molar-refractivity contribution is 6.07. The lowest BCUT2D eigenvalue weighted by atomic mass is 10.1. The van der Waals surface area contributed by atoms with Crippen LogP contribution >= 0.6 is 0 Å². The van der Waals surface area contributed by atoms with Crippen molar-refractivity contribution in [1.82, 2.24) is 9.97 Å².